The third kappa shape index (κ3) is 22.3. The average molecular weight is 1240 g/mol. The summed E-state index contributed by atoms with van der Waals surface area (Å²) in [6, 6.07) is 11.4. The van der Waals surface area contributed by atoms with Gasteiger partial charge in [0.05, 0.1) is 48.7 Å². The molecule has 0 aliphatic carbocycles. The number of alkyl carbamates (subject to hydrolysis) is 1. The summed E-state index contributed by atoms with van der Waals surface area (Å²) >= 11 is 1.48. The van der Waals surface area contributed by atoms with Crippen LogP contribution in [0.15, 0.2) is 77.8 Å². The Morgan fingerprint density at radius 1 is 0.795 bits per heavy atom. The summed E-state index contributed by atoms with van der Waals surface area (Å²) in [5.74, 6) is -3.58. The number of hydrogen-bond donors (Lipinski definition) is 7. The first-order valence-corrected chi connectivity index (χ1v) is 31.6. The lowest BCUT2D eigenvalue weighted by atomic mass is 9.93. The molecule has 10 atom stereocenters. The molecule has 9 amide bonds. The number of ether oxygens (including phenoxy) is 3. The number of nitrogens with one attached hydrogen (secondary N) is 6. The van der Waals surface area contributed by atoms with Gasteiger partial charge in [-0.1, -0.05) is 103 Å². The minimum absolute atomic E-state index is 0.0626. The number of rotatable bonds is 33. The molecule has 0 radical (unpaired) electrons. The molecule has 488 valence electrons. The zero-order valence-corrected chi connectivity index (χ0v) is 55.6. The monoisotopic (exact) mass is 1240 g/mol. The van der Waals surface area contributed by atoms with Gasteiger partial charge >= 0.3 is 12.1 Å². The third-order valence-corrected chi connectivity index (χ3v) is 16.9. The van der Waals surface area contributed by atoms with Crippen molar-refractivity contribution >= 4 is 64.6 Å². The second-order valence-electron chi connectivity index (χ2n) is 25.0. The molecule has 2 heterocycles. The molecule has 0 bridgehead atoms. The average Bonchev–Trinajstić information content (AvgIpc) is 3.85. The van der Waals surface area contributed by atoms with E-state index in [9.17, 15) is 38.4 Å². The summed E-state index contributed by atoms with van der Waals surface area (Å²) in [4.78, 5) is 119. The zero-order valence-electron chi connectivity index (χ0n) is 54.8. The molecule has 1 fully saturated rings. The lowest BCUT2D eigenvalue weighted by Gasteiger charge is -2.39. The Morgan fingerprint density at radius 2 is 1.45 bits per heavy atom. The summed E-state index contributed by atoms with van der Waals surface area (Å²) < 4.78 is 17.6. The molecular weight excluding hydrogens is 1140 g/mol. The van der Waals surface area contributed by atoms with Crippen LogP contribution in [0.4, 0.5) is 15.3 Å². The van der Waals surface area contributed by atoms with Gasteiger partial charge < -0.3 is 61.6 Å². The fourth-order valence-corrected chi connectivity index (χ4v) is 11.9. The number of nitrogens with two attached hydrogens (primary N) is 1. The maximum atomic E-state index is 14.9. The van der Waals surface area contributed by atoms with Crippen LogP contribution >= 0.6 is 11.3 Å². The summed E-state index contributed by atoms with van der Waals surface area (Å²) in [7, 11) is 6.64. The van der Waals surface area contributed by atoms with Crippen molar-refractivity contribution in [1.29, 1.82) is 0 Å². The normalized spacial score (nSPS) is 16.8. The number of urea groups is 1. The molecule has 0 spiro atoms. The lowest BCUT2D eigenvalue weighted by Crippen LogP contribution is -2.59. The zero-order chi connectivity index (χ0) is 65.6. The number of nitrogens with zero attached hydrogens (tertiary/aromatic N) is 4. The molecule has 8 N–H and O–H groups in total. The number of amides is 9. The summed E-state index contributed by atoms with van der Waals surface area (Å²) in [6.07, 6.45) is 4.32. The van der Waals surface area contributed by atoms with Crippen LogP contribution in [0.1, 0.15) is 137 Å². The van der Waals surface area contributed by atoms with Crippen LogP contribution in [0, 0.1) is 23.7 Å². The highest BCUT2D eigenvalue weighted by molar-refractivity contribution is 7.09. The largest absolute Gasteiger partial charge is 0.444 e. The Bertz CT molecular complexity index is 2760. The van der Waals surface area contributed by atoms with Gasteiger partial charge in [0, 0.05) is 58.2 Å². The van der Waals surface area contributed by atoms with Crippen molar-refractivity contribution in [1.82, 2.24) is 46.3 Å². The molecule has 0 unspecified atom stereocenters. The van der Waals surface area contributed by atoms with E-state index >= 15 is 0 Å². The third-order valence-electron chi connectivity index (χ3n) is 16.0. The first kappa shape index (κ1) is 73.5. The van der Waals surface area contributed by atoms with E-state index in [1.165, 1.54) is 18.4 Å². The van der Waals surface area contributed by atoms with Crippen molar-refractivity contribution in [2.45, 2.75) is 188 Å². The molecule has 1 aliphatic rings. The van der Waals surface area contributed by atoms with Crippen LogP contribution in [0.2, 0.25) is 0 Å². The Morgan fingerprint density at radius 3 is 2.01 bits per heavy atom. The van der Waals surface area contributed by atoms with E-state index in [2.05, 4.69) is 36.9 Å². The number of carbonyl (C=O) groups excluding carboxylic acids is 8. The highest BCUT2D eigenvalue weighted by Gasteiger charge is 2.43. The number of hydrogen-bond acceptors (Lipinski definition) is 14. The predicted molar refractivity (Wildman–Crippen MR) is 343 cm³/mol. The SMILES string of the molecule is C/C=C(/C)[C@@H]([C@@H](CC(=O)N1CCC[C@H]1[C@H](OC)[C@@H](C)C(=O)N[C@@H](Cc1ccccc1)c1nccs1)OC)N(C)C(=O)[C@@H](NC(=O)[C@H](C(C)C)N(C)CCc1ccc(NC(=O)[C@H](CCCNC(N)=O)NC(=O)[C@@H](NC(=O)OC(C)(C)C)C(C)C)cc1)C(C)C. The molecule has 2 aromatic carbocycles. The Labute approximate surface area is 526 Å². The first-order chi connectivity index (χ1) is 41.5. The van der Waals surface area contributed by atoms with E-state index in [1.54, 1.807) is 76.9 Å². The second-order valence-corrected chi connectivity index (χ2v) is 25.9. The van der Waals surface area contributed by atoms with Gasteiger partial charge in [-0.05, 0) is 121 Å². The molecule has 1 aromatic heterocycles. The van der Waals surface area contributed by atoms with Gasteiger partial charge in [0.1, 0.15) is 28.7 Å². The van der Waals surface area contributed by atoms with Crippen molar-refractivity contribution in [2.75, 3.05) is 53.3 Å². The van der Waals surface area contributed by atoms with Crippen LogP contribution < -0.4 is 37.6 Å². The number of aromatic nitrogens is 1. The number of likely N-dealkylation sites (N-methyl/N-ethyl adjacent to an activating group) is 2. The number of methoxy groups -OCH3 is 2. The lowest BCUT2D eigenvalue weighted by molar-refractivity contribution is -0.145. The van der Waals surface area contributed by atoms with Crippen LogP contribution in [-0.4, -0.2) is 169 Å². The number of carbonyl (C=O) groups is 8. The number of anilines is 1. The van der Waals surface area contributed by atoms with E-state index in [-0.39, 0.29) is 66.8 Å². The highest BCUT2D eigenvalue weighted by atomic mass is 32.1. The van der Waals surface area contributed by atoms with Crippen molar-refractivity contribution in [3.63, 3.8) is 0 Å². The molecule has 1 aliphatic heterocycles. The molecule has 3 aromatic rings. The van der Waals surface area contributed by atoms with Crippen LogP contribution in [-0.2, 0) is 55.8 Å². The van der Waals surface area contributed by atoms with Gasteiger partial charge in [-0.25, -0.2) is 14.6 Å². The van der Waals surface area contributed by atoms with Gasteiger partial charge in [-0.15, -0.1) is 11.3 Å². The van der Waals surface area contributed by atoms with Gasteiger partial charge in [0.25, 0.3) is 0 Å². The van der Waals surface area contributed by atoms with Crippen LogP contribution in [0.5, 0.6) is 0 Å². The van der Waals surface area contributed by atoms with E-state index in [1.807, 2.05) is 114 Å². The predicted octanol–water partition coefficient (Wildman–Crippen LogP) is 7.14. The topological polar surface area (TPSA) is 285 Å². The quantitative estimate of drug-likeness (QED) is 0.0236. The highest BCUT2D eigenvalue weighted by Crippen LogP contribution is 2.31. The molecule has 0 saturated carbocycles. The summed E-state index contributed by atoms with van der Waals surface area (Å²) in [5.41, 5.74) is 7.69. The molecule has 22 nitrogen and oxygen atoms in total. The van der Waals surface area contributed by atoms with E-state index in [0.717, 1.165) is 28.1 Å². The van der Waals surface area contributed by atoms with Crippen molar-refractivity contribution in [3.8, 4) is 0 Å². The van der Waals surface area contributed by atoms with Crippen LogP contribution in [0.3, 0.4) is 0 Å². The van der Waals surface area contributed by atoms with Gasteiger partial charge in [0.2, 0.25) is 35.4 Å². The maximum absolute atomic E-state index is 14.9. The Hall–Kier alpha value is -6.95. The van der Waals surface area contributed by atoms with Crippen LogP contribution in [0.25, 0.3) is 0 Å². The van der Waals surface area contributed by atoms with Crippen molar-refractivity contribution < 1.29 is 52.6 Å². The van der Waals surface area contributed by atoms with Gasteiger partial charge in [0.15, 0.2) is 0 Å². The number of thiazole rings is 1. The fourth-order valence-electron chi connectivity index (χ4n) is 11.2. The molecule has 1 saturated heterocycles. The standard InChI is InChI=1S/C65H101N11O11S/c1-17-42(8)55(50(85-15)38-51(77)76-34-22-26-49(76)56(86-16)43(9)57(78)71-48(61-67-33-36-88-61)37-45-23-19-18-20-24-45)75(14)62(82)53(40(4)5)72-60(81)54(41(6)7)74(13)35-31-44-27-29-46(30-28-44)69-58(79)47(25-21-32-68-63(66)83)70-59(80)52(39(2)3)73-64(84)87-65(10,11)12/h17-20,23-24,27-30,33,36,39-41,43,47-50,52-56H,21-22,25-26,31-32,34-35,37-38H2,1-16H3,(H,69,79)(H,70,80)(H,71,78)(H,72,81)(H,73,84)(H3,66,68,83)/b42-17-/t43-,47+,48+,49+,50-,52+,53+,54+,55+,56-/m1/s1. The smallest absolute Gasteiger partial charge is 0.408 e. The van der Waals surface area contributed by atoms with E-state index in [0.29, 0.717) is 44.5 Å². The first-order valence-electron chi connectivity index (χ1n) is 30.7. The molecular formula is C65H101N11O11S. The van der Waals surface area contributed by atoms with Crippen molar-refractivity contribution in [2.24, 2.45) is 29.4 Å². The summed E-state index contributed by atoms with van der Waals surface area (Å²) in [5, 5.41) is 19.8. The summed E-state index contributed by atoms with van der Waals surface area (Å²) in [6.45, 7) is 23.0. The molecule has 23 heteroatoms. The van der Waals surface area contributed by atoms with Gasteiger partial charge in [-0.2, -0.15) is 0 Å². The molecule has 4 rings (SSSR count). The Kier molecular flexibility index (Phi) is 29.5. The maximum Gasteiger partial charge on any atom is 0.408 e. The number of benzene rings is 2. The van der Waals surface area contributed by atoms with Gasteiger partial charge in [-0.3, -0.25) is 33.7 Å². The Balaban J connectivity index is 1.42. The minimum atomic E-state index is -1.04. The minimum Gasteiger partial charge on any atom is -0.444 e. The number of allylic oxidation sites excluding steroid dienone is 1. The molecule has 88 heavy (non-hydrogen) atoms. The number of likely N-dealkylation sites (tertiary alicyclic amines) is 1. The van der Waals surface area contributed by atoms with E-state index < -0.39 is 83.9 Å². The van der Waals surface area contributed by atoms with Crippen molar-refractivity contribution in [3.05, 3.63) is 94.0 Å². The second kappa shape index (κ2) is 35.3. The van der Waals surface area contributed by atoms with E-state index in [4.69, 9.17) is 19.9 Å². The number of primary amides is 1. The fraction of sp³-hybridized carbons (Fsp3) is 0.615.